The zero-order valence-electron chi connectivity index (χ0n) is 61.5. The topological polar surface area (TPSA) is 118 Å². The van der Waals surface area contributed by atoms with Gasteiger partial charge in [-0.15, -0.1) is 22.7 Å². The van der Waals surface area contributed by atoms with Crippen LogP contribution in [0, 0.1) is 0 Å². The second-order valence-electron chi connectivity index (χ2n) is 27.6. The number of aromatic nitrogens is 6. The van der Waals surface area contributed by atoms with Crippen molar-refractivity contribution < 1.29 is 10.0 Å². The number of halogens is 1. The third-order valence-electron chi connectivity index (χ3n) is 20.5. The molecule has 114 heavy (non-hydrogen) atoms. The van der Waals surface area contributed by atoms with Gasteiger partial charge in [-0.05, 0) is 118 Å². The Kier molecular flexibility index (Phi) is 20.6. The highest BCUT2D eigenvalue weighted by Crippen LogP contribution is 2.43. The van der Waals surface area contributed by atoms with Crippen molar-refractivity contribution >= 4 is 87.2 Å². The van der Waals surface area contributed by atoms with Crippen LogP contribution < -0.4 is 5.46 Å². The van der Waals surface area contributed by atoms with Crippen molar-refractivity contribution in [2.24, 2.45) is 0 Å². The minimum absolute atomic E-state index is 0.176. The Morgan fingerprint density at radius 2 is 0.430 bits per heavy atom. The van der Waals surface area contributed by atoms with E-state index in [-0.39, 0.29) is 5.28 Å². The molecule has 0 unspecified atom stereocenters. The molecule has 4 aromatic heterocycles. The summed E-state index contributed by atoms with van der Waals surface area (Å²) in [4.78, 5) is 28.8. The number of hydrogen-bond donors (Lipinski definition) is 2. The maximum Gasteiger partial charge on any atom is 0.488 e. The zero-order chi connectivity index (χ0) is 76.7. The second-order valence-corrected chi connectivity index (χ2v) is 30.0. The van der Waals surface area contributed by atoms with Gasteiger partial charge in [-0.1, -0.05) is 388 Å². The van der Waals surface area contributed by atoms with Gasteiger partial charge in [0.25, 0.3) is 0 Å². The van der Waals surface area contributed by atoms with Crippen molar-refractivity contribution in [2.45, 2.75) is 0 Å². The molecule has 540 valence electrons. The van der Waals surface area contributed by atoms with Crippen molar-refractivity contribution in [3.8, 4) is 146 Å². The summed E-state index contributed by atoms with van der Waals surface area (Å²) in [7, 11) is -1.43. The summed E-state index contributed by atoms with van der Waals surface area (Å²) in [5.41, 5.74) is 23.5. The molecule has 2 N–H and O–H groups in total. The van der Waals surface area contributed by atoms with E-state index in [1.807, 2.05) is 120 Å². The zero-order valence-corrected chi connectivity index (χ0v) is 63.8. The van der Waals surface area contributed by atoms with Crippen LogP contribution in [0.5, 0.6) is 0 Å². The summed E-state index contributed by atoms with van der Waals surface area (Å²) >= 11 is 10.0. The number of fused-ring (bicyclic) bond motifs is 6. The molecular weight excluding hydrogens is 1450 g/mol. The van der Waals surface area contributed by atoms with Crippen LogP contribution in [0.3, 0.4) is 0 Å². The van der Waals surface area contributed by atoms with Gasteiger partial charge in [0.15, 0.2) is 29.1 Å². The third kappa shape index (κ3) is 15.3. The molecule has 0 atom stereocenters. The minimum Gasteiger partial charge on any atom is -0.423 e. The maximum absolute atomic E-state index is 9.24. The van der Waals surface area contributed by atoms with E-state index in [2.05, 4.69) is 301 Å². The first kappa shape index (κ1) is 71.8. The minimum atomic E-state index is -1.43. The molecule has 0 aliphatic heterocycles. The molecule has 0 spiro atoms. The first-order valence-electron chi connectivity index (χ1n) is 37.6. The van der Waals surface area contributed by atoms with Gasteiger partial charge in [0.2, 0.25) is 5.28 Å². The van der Waals surface area contributed by atoms with E-state index in [0.717, 1.165) is 83.5 Å². The van der Waals surface area contributed by atoms with Crippen LogP contribution in [-0.4, -0.2) is 47.1 Å². The standard InChI is InChI=1S/C51H33N3S.C27H18ClN3.C24H17BO2S/c1-3-12-34(13-4-1)35-24-30-40(31-25-35)49-52-50(54-51(53-49)46-18-8-7-16-42(46)38-14-5-2-6-15-38)41-32-26-37(27-33-41)36-22-28-39(29-23-36)43-19-11-20-45-44-17-9-10-21-47(44)55-48(43)45;28-27-30-25(22-17-15-20(16-18-22)19-9-3-1-4-10-19)29-26(31-27)24-14-8-7-13-23(24)21-11-5-2-6-12-21;26-25(27)19-14-12-17(13-15-19)16-8-10-18(11-9-16)20-5-3-6-22-21-4-1-2-7-23(21)28-24(20)22/h1-33H;1-18H;1-15,26-27H. The first-order chi connectivity index (χ1) is 56.2. The van der Waals surface area contributed by atoms with Crippen LogP contribution in [0.15, 0.2) is 400 Å². The van der Waals surface area contributed by atoms with Gasteiger partial charge in [-0.3, -0.25) is 0 Å². The van der Waals surface area contributed by atoms with Gasteiger partial charge in [-0.25, -0.2) is 19.9 Å². The van der Waals surface area contributed by atoms with Crippen molar-refractivity contribution in [2.75, 3.05) is 0 Å². The van der Waals surface area contributed by atoms with Gasteiger partial charge in [0.1, 0.15) is 0 Å². The maximum atomic E-state index is 9.24. The molecule has 20 aromatic rings. The normalized spacial score (nSPS) is 11.1. The van der Waals surface area contributed by atoms with E-state index in [0.29, 0.717) is 34.6 Å². The van der Waals surface area contributed by atoms with E-state index < -0.39 is 7.12 Å². The average molecular weight is 1520 g/mol. The number of hydrogen-bond acceptors (Lipinski definition) is 10. The average Bonchev–Trinajstić information content (AvgIpc) is 1.59. The van der Waals surface area contributed by atoms with E-state index in [1.165, 1.54) is 73.7 Å². The highest BCUT2D eigenvalue weighted by atomic mass is 35.5. The molecule has 4 heterocycles. The summed E-state index contributed by atoms with van der Waals surface area (Å²) in [6.45, 7) is 0. The summed E-state index contributed by atoms with van der Waals surface area (Å²) < 4.78 is 5.28. The second kappa shape index (κ2) is 32.7. The summed E-state index contributed by atoms with van der Waals surface area (Å²) in [5, 5.41) is 23.9. The molecule has 8 nitrogen and oxygen atoms in total. The summed E-state index contributed by atoms with van der Waals surface area (Å²) in [5.74, 6) is 3.02. The van der Waals surface area contributed by atoms with Crippen molar-refractivity contribution in [3.63, 3.8) is 0 Å². The highest BCUT2D eigenvalue weighted by molar-refractivity contribution is 7.26. The van der Waals surface area contributed by atoms with Gasteiger partial charge in [0.05, 0.1) is 0 Å². The van der Waals surface area contributed by atoms with Gasteiger partial charge in [-0.2, -0.15) is 9.97 Å². The monoisotopic (exact) mass is 1520 g/mol. The van der Waals surface area contributed by atoms with E-state index in [4.69, 9.17) is 31.5 Å². The SMILES string of the molecule is Clc1nc(-c2ccc(-c3ccccc3)cc2)nc(-c2ccccc2-c2ccccc2)n1.OB(O)c1ccc(-c2ccc(-c3cccc4c3sc3ccccc34)cc2)cc1.c1ccc(-c2ccc(-c3nc(-c4ccc(-c5ccc(-c6cccc7c6sc6ccccc67)cc5)cc4)nc(-c4ccccc4-c4ccccc4)n3)cc2)cc1. The molecule has 12 heteroatoms. The molecule has 0 bridgehead atoms. The molecule has 0 radical (unpaired) electrons. The fourth-order valence-electron chi connectivity index (χ4n) is 14.6. The quantitative estimate of drug-likeness (QED) is 0.103. The van der Waals surface area contributed by atoms with E-state index in [1.54, 1.807) is 12.1 Å². The molecular formula is C102H68BClN6O2S2. The third-order valence-corrected chi connectivity index (χ3v) is 23.1. The van der Waals surface area contributed by atoms with Gasteiger partial charge in [0, 0.05) is 68.2 Å². The smallest absolute Gasteiger partial charge is 0.423 e. The molecule has 16 aromatic carbocycles. The molecule has 0 saturated carbocycles. The van der Waals surface area contributed by atoms with Gasteiger partial charge < -0.3 is 10.0 Å². The molecule has 0 amide bonds. The fourth-order valence-corrected chi connectivity index (χ4v) is 17.3. The Hall–Kier alpha value is -13.7. The predicted octanol–water partition coefficient (Wildman–Crippen LogP) is 26.2. The Bertz CT molecular complexity index is 6780. The number of benzene rings is 16. The Balaban J connectivity index is 0.000000130. The number of rotatable bonds is 14. The lowest BCUT2D eigenvalue weighted by molar-refractivity contribution is 0.426. The van der Waals surface area contributed by atoms with Crippen molar-refractivity contribution in [3.05, 3.63) is 406 Å². The van der Waals surface area contributed by atoms with Crippen LogP contribution in [0.2, 0.25) is 5.28 Å². The van der Waals surface area contributed by atoms with Crippen LogP contribution in [0.4, 0.5) is 0 Å². The molecule has 0 fully saturated rings. The van der Waals surface area contributed by atoms with Crippen LogP contribution in [-0.2, 0) is 0 Å². The lowest BCUT2D eigenvalue weighted by Gasteiger charge is -2.12. The lowest BCUT2D eigenvalue weighted by Crippen LogP contribution is -2.29. The van der Waals surface area contributed by atoms with E-state index >= 15 is 0 Å². The largest absolute Gasteiger partial charge is 0.488 e. The van der Waals surface area contributed by atoms with Crippen molar-refractivity contribution in [1.82, 2.24) is 29.9 Å². The summed E-state index contributed by atoms with van der Waals surface area (Å²) in [6, 6.07) is 138. The van der Waals surface area contributed by atoms with Crippen LogP contribution in [0.25, 0.3) is 186 Å². The number of thiophene rings is 2. The predicted molar refractivity (Wildman–Crippen MR) is 477 cm³/mol. The number of nitrogens with zero attached hydrogens (tertiary/aromatic N) is 6. The Labute approximate surface area is 673 Å². The Morgan fingerprint density at radius 1 is 0.193 bits per heavy atom. The summed E-state index contributed by atoms with van der Waals surface area (Å²) in [6.07, 6.45) is 0. The van der Waals surface area contributed by atoms with Gasteiger partial charge >= 0.3 is 7.12 Å². The molecule has 0 aliphatic carbocycles. The lowest BCUT2D eigenvalue weighted by atomic mass is 9.80. The van der Waals surface area contributed by atoms with Crippen molar-refractivity contribution in [1.29, 1.82) is 0 Å². The molecule has 0 saturated heterocycles. The van der Waals surface area contributed by atoms with E-state index in [9.17, 15) is 10.0 Å². The van der Waals surface area contributed by atoms with Crippen LogP contribution >= 0.6 is 34.3 Å². The first-order valence-corrected chi connectivity index (χ1v) is 39.6. The highest BCUT2D eigenvalue weighted by Gasteiger charge is 2.20. The molecule has 20 rings (SSSR count). The van der Waals surface area contributed by atoms with Crippen LogP contribution in [0.1, 0.15) is 0 Å². The Morgan fingerprint density at radius 3 is 0.798 bits per heavy atom. The molecule has 0 aliphatic rings. The fraction of sp³-hybridized carbons (Fsp3) is 0.